The molecule has 1 saturated heterocycles. The van der Waals surface area contributed by atoms with Crippen molar-refractivity contribution < 1.29 is 9.72 Å². The Bertz CT molecular complexity index is 737. The quantitative estimate of drug-likeness (QED) is 0.513. The van der Waals surface area contributed by atoms with Crippen molar-refractivity contribution in [2.75, 3.05) is 0 Å². The van der Waals surface area contributed by atoms with Crippen LogP contribution in [0.5, 0.6) is 0 Å². The highest BCUT2D eigenvalue weighted by atomic mass is 32.2. The number of aryl methyl sites for hydroxylation is 1. The maximum atomic E-state index is 12.1. The van der Waals surface area contributed by atoms with Crippen molar-refractivity contribution >= 4 is 34.6 Å². The number of carbonyl (C=O) groups excluding carboxylic acids is 1. The average molecular weight is 345 g/mol. The number of aliphatic imine (C=N–C) groups is 1. The molecule has 1 heterocycles. The molecular weight excluding hydrogens is 326 g/mol. The highest BCUT2D eigenvalue weighted by molar-refractivity contribution is 8.18. The molecule has 1 aliphatic carbocycles. The second kappa shape index (κ2) is 7.17. The zero-order chi connectivity index (χ0) is 17.1. The smallest absolute Gasteiger partial charge is 0.272 e. The first kappa shape index (κ1) is 16.7. The van der Waals surface area contributed by atoms with Crippen LogP contribution in [0.25, 0.3) is 6.08 Å². The first-order chi connectivity index (χ1) is 11.5. The Morgan fingerprint density at radius 3 is 2.79 bits per heavy atom. The molecule has 0 bridgehead atoms. The first-order valence-corrected chi connectivity index (χ1v) is 8.88. The van der Waals surface area contributed by atoms with E-state index in [9.17, 15) is 14.9 Å². The number of amidine groups is 1. The van der Waals surface area contributed by atoms with Gasteiger partial charge >= 0.3 is 0 Å². The molecule has 1 amide bonds. The molecule has 0 aromatic heterocycles. The van der Waals surface area contributed by atoms with Crippen LogP contribution in [-0.4, -0.2) is 22.0 Å². The molecular formula is C17H19N3O3S. The van der Waals surface area contributed by atoms with Crippen molar-refractivity contribution in [1.29, 1.82) is 0 Å². The summed E-state index contributed by atoms with van der Waals surface area (Å²) in [5.74, 6) is -0.196. The number of nitrogens with zero attached hydrogens (tertiary/aromatic N) is 2. The molecule has 1 saturated carbocycles. The first-order valence-electron chi connectivity index (χ1n) is 8.06. The lowest BCUT2D eigenvalue weighted by Gasteiger charge is -2.17. The molecule has 0 radical (unpaired) electrons. The normalized spacial score (nSPS) is 22.1. The molecule has 2 fully saturated rings. The van der Waals surface area contributed by atoms with Crippen LogP contribution in [0.3, 0.4) is 0 Å². The summed E-state index contributed by atoms with van der Waals surface area (Å²) in [5, 5.41) is 14.5. The summed E-state index contributed by atoms with van der Waals surface area (Å²) in [6, 6.07) is 5.26. The van der Waals surface area contributed by atoms with Gasteiger partial charge < -0.3 is 5.32 Å². The third-order valence-electron chi connectivity index (χ3n) is 4.25. The molecule has 126 valence electrons. The molecule has 0 atom stereocenters. The minimum absolute atomic E-state index is 0.0591. The van der Waals surface area contributed by atoms with Gasteiger partial charge in [0.2, 0.25) is 0 Å². The van der Waals surface area contributed by atoms with Crippen LogP contribution in [0.4, 0.5) is 5.69 Å². The minimum Gasteiger partial charge on any atom is -0.301 e. The van der Waals surface area contributed by atoms with E-state index in [1.54, 1.807) is 25.1 Å². The van der Waals surface area contributed by atoms with E-state index < -0.39 is 4.92 Å². The van der Waals surface area contributed by atoms with Crippen LogP contribution in [0.2, 0.25) is 0 Å². The van der Waals surface area contributed by atoms with Gasteiger partial charge in [-0.1, -0.05) is 31.4 Å². The van der Waals surface area contributed by atoms with Gasteiger partial charge in [0, 0.05) is 11.6 Å². The molecule has 1 aromatic carbocycles. The van der Waals surface area contributed by atoms with Gasteiger partial charge in [0.05, 0.1) is 15.9 Å². The van der Waals surface area contributed by atoms with Crippen molar-refractivity contribution in [1.82, 2.24) is 5.32 Å². The molecule has 24 heavy (non-hydrogen) atoms. The second-order valence-corrected chi connectivity index (χ2v) is 7.12. The van der Waals surface area contributed by atoms with Crippen molar-refractivity contribution in [3.8, 4) is 0 Å². The van der Waals surface area contributed by atoms with Gasteiger partial charge in [-0.3, -0.25) is 19.9 Å². The molecule has 1 aliphatic heterocycles. The van der Waals surface area contributed by atoms with Gasteiger partial charge in [-0.25, -0.2) is 0 Å². The summed E-state index contributed by atoms with van der Waals surface area (Å²) in [6.45, 7) is 1.70. The van der Waals surface area contributed by atoms with Crippen LogP contribution in [0.15, 0.2) is 28.1 Å². The zero-order valence-corrected chi connectivity index (χ0v) is 14.3. The Hall–Kier alpha value is -2.15. The molecule has 6 nitrogen and oxygen atoms in total. The van der Waals surface area contributed by atoms with Crippen molar-refractivity contribution in [3.63, 3.8) is 0 Å². The van der Waals surface area contributed by atoms with Crippen LogP contribution in [-0.2, 0) is 4.79 Å². The molecule has 7 heteroatoms. The average Bonchev–Trinajstić information content (AvgIpc) is 2.89. The van der Waals surface area contributed by atoms with E-state index in [4.69, 9.17) is 0 Å². The predicted molar refractivity (Wildman–Crippen MR) is 95.9 cm³/mol. The van der Waals surface area contributed by atoms with E-state index in [2.05, 4.69) is 10.3 Å². The maximum absolute atomic E-state index is 12.1. The van der Waals surface area contributed by atoms with E-state index in [0.717, 1.165) is 12.8 Å². The number of rotatable bonds is 3. The van der Waals surface area contributed by atoms with Crippen LogP contribution < -0.4 is 5.32 Å². The lowest BCUT2D eigenvalue weighted by Crippen LogP contribution is -2.22. The summed E-state index contributed by atoms with van der Waals surface area (Å²) in [4.78, 5) is 27.9. The zero-order valence-electron chi connectivity index (χ0n) is 13.4. The lowest BCUT2D eigenvalue weighted by atomic mass is 9.96. The molecule has 1 N–H and O–H groups in total. The topological polar surface area (TPSA) is 84.6 Å². The summed E-state index contributed by atoms with van der Waals surface area (Å²) in [6.07, 6.45) is 7.46. The van der Waals surface area contributed by atoms with Gasteiger partial charge in [-0.2, -0.15) is 0 Å². The van der Waals surface area contributed by atoms with E-state index in [-0.39, 0.29) is 11.6 Å². The Morgan fingerprint density at radius 1 is 1.33 bits per heavy atom. The SMILES string of the molecule is Cc1ccc(/C=C2\SC(=NC3CCCCC3)NC2=O)cc1[N+](=O)[O-]. The third kappa shape index (κ3) is 3.84. The van der Waals surface area contributed by atoms with Gasteiger partial charge in [0.1, 0.15) is 0 Å². The monoisotopic (exact) mass is 345 g/mol. The van der Waals surface area contributed by atoms with Gasteiger partial charge in [-0.15, -0.1) is 0 Å². The summed E-state index contributed by atoms with van der Waals surface area (Å²) in [7, 11) is 0. The minimum atomic E-state index is -0.408. The van der Waals surface area contributed by atoms with Crippen molar-refractivity contribution in [2.24, 2.45) is 4.99 Å². The fourth-order valence-electron chi connectivity index (χ4n) is 2.93. The van der Waals surface area contributed by atoms with E-state index in [1.807, 2.05) is 0 Å². The number of carbonyl (C=O) groups is 1. The van der Waals surface area contributed by atoms with Crippen LogP contribution in [0, 0.1) is 17.0 Å². The predicted octanol–water partition coefficient (Wildman–Crippen LogP) is 3.80. The number of benzene rings is 1. The number of nitro groups is 1. The Morgan fingerprint density at radius 2 is 2.08 bits per heavy atom. The Labute approximate surface area is 144 Å². The molecule has 0 spiro atoms. The Kier molecular flexibility index (Phi) is 4.99. The highest BCUT2D eigenvalue weighted by Gasteiger charge is 2.25. The summed E-state index contributed by atoms with van der Waals surface area (Å²) >= 11 is 1.31. The summed E-state index contributed by atoms with van der Waals surface area (Å²) < 4.78 is 0. The van der Waals surface area contributed by atoms with Gasteiger partial charge in [-0.05, 0) is 43.2 Å². The second-order valence-electron chi connectivity index (χ2n) is 6.09. The molecule has 2 aliphatic rings. The number of nitro benzene ring substituents is 1. The largest absolute Gasteiger partial charge is 0.301 e. The third-order valence-corrected chi connectivity index (χ3v) is 5.18. The number of thioether (sulfide) groups is 1. The molecule has 1 aromatic rings. The van der Waals surface area contributed by atoms with Crippen molar-refractivity contribution in [3.05, 3.63) is 44.3 Å². The standard InChI is InChI=1S/C17H19N3O3S/c1-11-7-8-12(9-14(11)20(22)23)10-15-16(21)19-17(24-15)18-13-5-3-2-4-6-13/h7-10,13H,2-6H2,1H3,(H,18,19,21)/b15-10-. The number of hydrogen-bond donors (Lipinski definition) is 1. The van der Waals surface area contributed by atoms with E-state index in [0.29, 0.717) is 27.2 Å². The fourth-order valence-corrected chi connectivity index (χ4v) is 3.82. The highest BCUT2D eigenvalue weighted by Crippen LogP contribution is 2.29. The van der Waals surface area contributed by atoms with E-state index in [1.165, 1.54) is 37.1 Å². The Balaban J connectivity index is 1.78. The van der Waals surface area contributed by atoms with Gasteiger partial charge in [0.15, 0.2) is 5.17 Å². The maximum Gasteiger partial charge on any atom is 0.272 e. The lowest BCUT2D eigenvalue weighted by molar-refractivity contribution is -0.385. The number of hydrogen-bond acceptors (Lipinski definition) is 5. The number of amides is 1. The summed E-state index contributed by atoms with van der Waals surface area (Å²) in [5.41, 5.74) is 1.30. The fraction of sp³-hybridized carbons (Fsp3) is 0.412. The van der Waals surface area contributed by atoms with Crippen molar-refractivity contribution in [2.45, 2.75) is 45.1 Å². The van der Waals surface area contributed by atoms with Crippen LogP contribution >= 0.6 is 11.8 Å². The molecule has 0 unspecified atom stereocenters. The number of nitrogens with one attached hydrogen (secondary N) is 1. The molecule has 3 rings (SSSR count). The van der Waals surface area contributed by atoms with E-state index >= 15 is 0 Å². The van der Waals surface area contributed by atoms with Crippen LogP contribution in [0.1, 0.15) is 43.2 Å². The van der Waals surface area contributed by atoms with Gasteiger partial charge in [0.25, 0.3) is 11.6 Å².